The van der Waals surface area contributed by atoms with Gasteiger partial charge >= 0.3 is 0 Å². The Kier molecular flexibility index (Phi) is 6.73. The Morgan fingerprint density at radius 1 is 0.903 bits per heavy atom. The standard InChI is InChI=1S/C23H29ClN6O/c1-18-25-21(28-11-9-27(2)10-12-28)17-22(26-18)29-13-15-30(16-14-29)23(31)8-5-19-3-6-20(24)7-4-19/h3-8,17H,9-16H2,1-2H3/b8-5+. The molecule has 0 saturated carbocycles. The van der Waals surface area contributed by atoms with Gasteiger partial charge in [0.25, 0.3) is 0 Å². The number of benzene rings is 1. The SMILES string of the molecule is Cc1nc(N2CCN(C)CC2)cc(N2CCN(C(=O)/C=C/c3ccc(Cl)cc3)CC2)n1. The van der Waals surface area contributed by atoms with E-state index in [1.165, 1.54) is 0 Å². The summed E-state index contributed by atoms with van der Waals surface area (Å²) in [6, 6.07) is 9.55. The number of anilines is 2. The first-order valence-corrected chi connectivity index (χ1v) is 11.1. The van der Waals surface area contributed by atoms with Crippen LogP contribution in [0.5, 0.6) is 0 Å². The van der Waals surface area contributed by atoms with E-state index in [1.807, 2.05) is 42.2 Å². The van der Waals surface area contributed by atoms with Crippen LogP contribution in [0, 0.1) is 6.92 Å². The number of nitrogens with zero attached hydrogens (tertiary/aromatic N) is 6. The van der Waals surface area contributed by atoms with Crippen molar-refractivity contribution in [1.82, 2.24) is 19.8 Å². The van der Waals surface area contributed by atoms with Crippen molar-refractivity contribution in [3.63, 3.8) is 0 Å². The van der Waals surface area contributed by atoms with E-state index in [-0.39, 0.29) is 5.91 Å². The van der Waals surface area contributed by atoms with Gasteiger partial charge in [-0.05, 0) is 37.7 Å². The summed E-state index contributed by atoms with van der Waals surface area (Å²) in [5.41, 5.74) is 0.962. The Bertz CT molecular complexity index is 932. The van der Waals surface area contributed by atoms with Gasteiger partial charge in [0.2, 0.25) is 5.91 Å². The van der Waals surface area contributed by atoms with Crippen LogP contribution in [0.2, 0.25) is 5.02 Å². The van der Waals surface area contributed by atoms with Crippen molar-refractivity contribution >= 4 is 35.2 Å². The molecular formula is C23H29ClN6O. The van der Waals surface area contributed by atoms with E-state index in [0.29, 0.717) is 18.1 Å². The van der Waals surface area contributed by atoms with Crippen LogP contribution in [-0.2, 0) is 4.79 Å². The molecule has 1 aromatic heterocycles. The topological polar surface area (TPSA) is 55.8 Å². The lowest BCUT2D eigenvalue weighted by molar-refractivity contribution is -0.126. The van der Waals surface area contributed by atoms with Gasteiger partial charge in [0.1, 0.15) is 17.5 Å². The van der Waals surface area contributed by atoms with Crippen molar-refractivity contribution in [3.8, 4) is 0 Å². The second-order valence-electron chi connectivity index (χ2n) is 8.12. The number of rotatable bonds is 4. The number of piperazine rings is 2. The summed E-state index contributed by atoms with van der Waals surface area (Å²) in [4.78, 5) is 30.7. The van der Waals surface area contributed by atoms with Crippen LogP contribution in [0.25, 0.3) is 6.08 Å². The third-order valence-electron chi connectivity index (χ3n) is 5.84. The first-order chi connectivity index (χ1) is 15.0. The molecule has 0 unspecified atom stereocenters. The smallest absolute Gasteiger partial charge is 0.246 e. The fourth-order valence-electron chi connectivity index (χ4n) is 3.90. The van der Waals surface area contributed by atoms with E-state index in [1.54, 1.807) is 6.08 Å². The molecule has 1 amide bonds. The molecule has 2 aliphatic heterocycles. The predicted molar refractivity (Wildman–Crippen MR) is 126 cm³/mol. The van der Waals surface area contributed by atoms with Crippen LogP contribution in [-0.4, -0.2) is 85.1 Å². The van der Waals surface area contributed by atoms with Crippen molar-refractivity contribution in [2.24, 2.45) is 0 Å². The second kappa shape index (κ2) is 9.66. The number of hydrogen-bond acceptors (Lipinski definition) is 6. The summed E-state index contributed by atoms with van der Waals surface area (Å²) in [6.07, 6.45) is 3.47. The molecule has 31 heavy (non-hydrogen) atoms. The summed E-state index contributed by atoms with van der Waals surface area (Å²) in [7, 11) is 2.15. The third kappa shape index (κ3) is 5.54. The third-order valence-corrected chi connectivity index (χ3v) is 6.09. The highest BCUT2D eigenvalue weighted by atomic mass is 35.5. The van der Waals surface area contributed by atoms with Gasteiger partial charge in [-0.2, -0.15) is 0 Å². The van der Waals surface area contributed by atoms with Gasteiger partial charge in [0.05, 0.1) is 0 Å². The van der Waals surface area contributed by atoms with Gasteiger partial charge in [-0.3, -0.25) is 4.79 Å². The molecule has 4 rings (SSSR count). The zero-order valence-electron chi connectivity index (χ0n) is 18.2. The predicted octanol–water partition coefficient (Wildman–Crippen LogP) is 2.55. The quantitative estimate of drug-likeness (QED) is 0.681. The molecule has 2 aromatic rings. The lowest BCUT2D eigenvalue weighted by atomic mass is 10.2. The highest BCUT2D eigenvalue weighted by Crippen LogP contribution is 2.21. The molecule has 0 spiro atoms. The molecule has 8 heteroatoms. The Labute approximate surface area is 188 Å². The minimum absolute atomic E-state index is 0.0339. The summed E-state index contributed by atoms with van der Waals surface area (Å²) in [5.74, 6) is 2.77. The molecule has 0 bridgehead atoms. The van der Waals surface area contributed by atoms with E-state index in [9.17, 15) is 4.79 Å². The van der Waals surface area contributed by atoms with Gasteiger partial charge in [0.15, 0.2) is 0 Å². The molecule has 164 valence electrons. The minimum atomic E-state index is 0.0339. The number of amides is 1. The molecule has 0 radical (unpaired) electrons. The van der Waals surface area contributed by atoms with Crippen molar-refractivity contribution in [2.45, 2.75) is 6.92 Å². The van der Waals surface area contributed by atoms with Crippen LogP contribution in [0.15, 0.2) is 36.4 Å². The maximum absolute atomic E-state index is 12.6. The average Bonchev–Trinajstić information content (AvgIpc) is 2.78. The highest BCUT2D eigenvalue weighted by molar-refractivity contribution is 6.30. The number of aromatic nitrogens is 2. The van der Waals surface area contributed by atoms with Gasteiger partial charge < -0.3 is 19.6 Å². The summed E-state index contributed by atoms with van der Waals surface area (Å²) < 4.78 is 0. The summed E-state index contributed by atoms with van der Waals surface area (Å²) in [6.45, 7) is 8.88. The van der Waals surface area contributed by atoms with E-state index in [4.69, 9.17) is 11.6 Å². The van der Waals surface area contributed by atoms with Crippen molar-refractivity contribution in [1.29, 1.82) is 0 Å². The van der Waals surface area contributed by atoms with Crippen molar-refractivity contribution < 1.29 is 4.79 Å². The zero-order valence-corrected chi connectivity index (χ0v) is 18.9. The Balaban J connectivity index is 1.36. The van der Waals surface area contributed by atoms with E-state index >= 15 is 0 Å². The molecule has 0 atom stereocenters. The van der Waals surface area contributed by atoms with Crippen LogP contribution in [0.1, 0.15) is 11.4 Å². The number of carbonyl (C=O) groups excluding carboxylic acids is 1. The number of aryl methyl sites for hydroxylation is 1. The summed E-state index contributed by atoms with van der Waals surface area (Å²) >= 11 is 5.91. The van der Waals surface area contributed by atoms with Crippen LogP contribution in [0.4, 0.5) is 11.6 Å². The normalized spacial score (nSPS) is 18.1. The average molecular weight is 441 g/mol. The fourth-order valence-corrected chi connectivity index (χ4v) is 4.02. The molecular weight excluding hydrogens is 412 g/mol. The Morgan fingerprint density at radius 2 is 1.45 bits per heavy atom. The maximum atomic E-state index is 12.6. The van der Waals surface area contributed by atoms with E-state index < -0.39 is 0 Å². The molecule has 2 saturated heterocycles. The Morgan fingerprint density at radius 3 is 2.03 bits per heavy atom. The molecule has 1 aromatic carbocycles. The lowest BCUT2D eigenvalue weighted by Gasteiger charge is -2.36. The summed E-state index contributed by atoms with van der Waals surface area (Å²) in [5, 5.41) is 0.690. The van der Waals surface area contributed by atoms with Gasteiger partial charge in [0, 0.05) is 69.5 Å². The highest BCUT2D eigenvalue weighted by Gasteiger charge is 2.23. The van der Waals surface area contributed by atoms with Crippen molar-refractivity contribution in [3.05, 3.63) is 52.8 Å². The van der Waals surface area contributed by atoms with Crippen LogP contribution in [0.3, 0.4) is 0 Å². The zero-order chi connectivity index (χ0) is 21.8. The minimum Gasteiger partial charge on any atom is -0.354 e. The Hall–Kier alpha value is -2.64. The van der Waals surface area contributed by atoms with Crippen LogP contribution >= 0.6 is 11.6 Å². The molecule has 0 N–H and O–H groups in total. The van der Waals surface area contributed by atoms with Gasteiger partial charge in [-0.1, -0.05) is 23.7 Å². The fraction of sp³-hybridized carbons (Fsp3) is 0.435. The van der Waals surface area contributed by atoms with E-state index in [2.05, 4.69) is 37.8 Å². The lowest BCUT2D eigenvalue weighted by Crippen LogP contribution is -2.49. The molecule has 2 aliphatic rings. The number of hydrogen-bond donors (Lipinski definition) is 0. The number of likely N-dealkylation sites (N-methyl/N-ethyl adjacent to an activating group) is 1. The van der Waals surface area contributed by atoms with Gasteiger partial charge in [-0.25, -0.2) is 9.97 Å². The van der Waals surface area contributed by atoms with Crippen LogP contribution < -0.4 is 9.80 Å². The van der Waals surface area contributed by atoms with E-state index in [0.717, 1.165) is 62.3 Å². The number of halogens is 1. The molecule has 3 heterocycles. The maximum Gasteiger partial charge on any atom is 0.246 e. The first kappa shape index (κ1) is 21.6. The molecule has 2 fully saturated rings. The molecule has 7 nitrogen and oxygen atoms in total. The number of carbonyl (C=O) groups is 1. The second-order valence-corrected chi connectivity index (χ2v) is 8.56. The molecule has 0 aliphatic carbocycles. The first-order valence-electron chi connectivity index (χ1n) is 10.7. The largest absolute Gasteiger partial charge is 0.354 e. The van der Waals surface area contributed by atoms with Gasteiger partial charge in [-0.15, -0.1) is 0 Å². The monoisotopic (exact) mass is 440 g/mol. The van der Waals surface area contributed by atoms with Crippen molar-refractivity contribution in [2.75, 3.05) is 69.2 Å².